The van der Waals surface area contributed by atoms with Crippen LogP contribution < -0.4 is 15.8 Å². The Kier molecular flexibility index (Phi) is 4.97. The molecule has 5 nitrogen and oxygen atoms in total. The Morgan fingerprint density at radius 1 is 1.25 bits per heavy atom. The van der Waals surface area contributed by atoms with E-state index in [1.807, 2.05) is 36.5 Å². The topological polar surface area (TPSA) is 73.1 Å². The number of anilines is 1. The minimum Gasteiger partial charge on any atom is -0.497 e. The number of benzene rings is 1. The third-order valence-corrected chi connectivity index (χ3v) is 4.41. The van der Waals surface area contributed by atoms with Gasteiger partial charge in [0.1, 0.15) is 11.6 Å². The molecular formula is C18H19BrN4O. The molecular weight excluding hydrogens is 368 g/mol. The molecule has 24 heavy (non-hydrogen) atoms. The van der Waals surface area contributed by atoms with Gasteiger partial charge in [0.15, 0.2) is 0 Å². The molecule has 2 aromatic heterocycles. The van der Waals surface area contributed by atoms with Crippen molar-refractivity contribution < 1.29 is 4.74 Å². The molecule has 0 saturated heterocycles. The maximum atomic E-state index is 5.94. The van der Waals surface area contributed by atoms with Gasteiger partial charge in [-0.15, -0.1) is 0 Å². The van der Waals surface area contributed by atoms with Gasteiger partial charge in [0.2, 0.25) is 0 Å². The number of ether oxygens (including phenoxy) is 1. The number of nitrogen functional groups attached to an aromatic ring is 1. The van der Waals surface area contributed by atoms with Gasteiger partial charge in [-0.05, 0) is 52.5 Å². The summed E-state index contributed by atoms with van der Waals surface area (Å²) < 4.78 is 6.25. The molecule has 0 aliphatic heterocycles. The van der Waals surface area contributed by atoms with Gasteiger partial charge in [0.25, 0.3) is 0 Å². The quantitative estimate of drug-likeness (QED) is 0.696. The smallest absolute Gasteiger partial charge is 0.127 e. The van der Waals surface area contributed by atoms with Gasteiger partial charge in [-0.1, -0.05) is 6.07 Å². The standard InChI is InChI=1S/C18H19BrN4O/c1-11(22-9-13-7-14(19)10-23-18(13)20)17-16-8-15(24-2)4-3-12(16)5-6-21-17/h3-8,10-11,22H,9H2,1-2H3,(H2,20,23). The van der Waals surface area contributed by atoms with Crippen LogP contribution in [-0.4, -0.2) is 17.1 Å². The number of aromatic nitrogens is 2. The van der Waals surface area contributed by atoms with Gasteiger partial charge >= 0.3 is 0 Å². The average Bonchev–Trinajstić information content (AvgIpc) is 2.61. The van der Waals surface area contributed by atoms with E-state index in [0.29, 0.717) is 12.4 Å². The lowest BCUT2D eigenvalue weighted by Gasteiger charge is -2.16. The molecule has 3 N–H and O–H groups in total. The van der Waals surface area contributed by atoms with E-state index in [1.54, 1.807) is 13.3 Å². The summed E-state index contributed by atoms with van der Waals surface area (Å²) in [5.41, 5.74) is 7.87. The Hall–Kier alpha value is -2.18. The maximum absolute atomic E-state index is 5.94. The molecule has 3 aromatic rings. The summed E-state index contributed by atoms with van der Waals surface area (Å²) in [7, 11) is 1.67. The highest BCUT2D eigenvalue weighted by molar-refractivity contribution is 9.10. The Labute approximate surface area is 149 Å². The zero-order valence-corrected chi connectivity index (χ0v) is 15.2. The average molecular weight is 387 g/mol. The van der Waals surface area contributed by atoms with E-state index >= 15 is 0 Å². The Bertz CT molecular complexity index is 869. The second-order valence-corrected chi connectivity index (χ2v) is 6.50. The molecule has 1 atom stereocenters. The van der Waals surface area contributed by atoms with Crippen molar-refractivity contribution in [2.24, 2.45) is 0 Å². The van der Waals surface area contributed by atoms with Gasteiger partial charge in [0, 0.05) is 40.4 Å². The molecule has 0 fully saturated rings. The highest BCUT2D eigenvalue weighted by Crippen LogP contribution is 2.26. The molecule has 6 heteroatoms. The lowest BCUT2D eigenvalue weighted by atomic mass is 10.1. The number of hydrogen-bond acceptors (Lipinski definition) is 5. The minimum absolute atomic E-state index is 0.0548. The summed E-state index contributed by atoms with van der Waals surface area (Å²) in [5, 5.41) is 5.69. The summed E-state index contributed by atoms with van der Waals surface area (Å²) in [6.45, 7) is 2.70. The lowest BCUT2D eigenvalue weighted by molar-refractivity contribution is 0.415. The number of hydrogen-bond donors (Lipinski definition) is 2. The largest absolute Gasteiger partial charge is 0.497 e. The van der Waals surface area contributed by atoms with E-state index in [0.717, 1.165) is 32.3 Å². The van der Waals surface area contributed by atoms with E-state index < -0.39 is 0 Å². The van der Waals surface area contributed by atoms with Gasteiger partial charge in [0.05, 0.1) is 12.8 Å². The molecule has 0 aliphatic rings. The van der Waals surface area contributed by atoms with Crippen LogP contribution in [0, 0.1) is 0 Å². The SMILES string of the molecule is COc1ccc2ccnc(C(C)NCc3cc(Br)cnc3N)c2c1. The van der Waals surface area contributed by atoms with Crippen molar-refractivity contribution in [1.29, 1.82) is 0 Å². The van der Waals surface area contributed by atoms with E-state index in [9.17, 15) is 0 Å². The first-order valence-electron chi connectivity index (χ1n) is 7.64. The number of nitrogens with zero attached hydrogens (tertiary/aromatic N) is 2. The first kappa shape index (κ1) is 16.7. The van der Waals surface area contributed by atoms with Crippen molar-refractivity contribution in [3.63, 3.8) is 0 Å². The molecule has 1 unspecified atom stereocenters. The number of nitrogens with two attached hydrogens (primary N) is 1. The molecule has 0 aliphatic carbocycles. The Balaban J connectivity index is 1.85. The highest BCUT2D eigenvalue weighted by Gasteiger charge is 2.12. The number of fused-ring (bicyclic) bond motifs is 1. The minimum atomic E-state index is 0.0548. The summed E-state index contributed by atoms with van der Waals surface area (Å²) in [6, 6.07) is 10.0. The van der Waals surface area contributed by atoms with E-state index in [-0.39, 0.29) is 6.04 Å². The summed E-state index contributed by atoms with van der Waals surface area (Å²) in [5.74, 6) is 1.36. The fourth-order valence-electron chi connectivity index (χ4n) is 2.64. The molecule has 1 aromatic carbocycles. The number of rotatable bonds is 5. The molecule has 0 radical (unpaired) electrons. The summed E-state index contributed by atoms with van der Waals surface area (Å²) in [6.07, 6.45) is 3.53. The van der Waals surface area contributed by atoms with Crippen LogP contribution in [0.3, 0.4) is 0 Å². The highest BCUT2D eigenvalue weighted by atomic mass is 79.9. The first-order valence-corrected chi connectivity index (χ1v) is 8.43. The van der Waals surface area contributed by atoms with Crippen LogP contribution >= 0.6 is 15.9 Å². The van der Waals surface area contributed by atoms with Gasteiger partial charge in [-0.3, -0.25) is 4.98 Å². The van der Waals surface area contributed by atoms with E-state index in [1.165, 1.54) is 0 Å². The number of halogens is 1. The van der Waals surface area contributed by atoms with Crippen molar-refractivity contribution in [2.75, 3.05) is 12.8 Å². The first-order chi connectivity index (χ1) is 11.6. The van der Waals surface area contributed by atoms with Crippen LogP contribution in [0.2, 0.25) is 0 Å². The predicted molar refractivity (Wildman–Crippen MR) is 99.9 cm³/mol. The van der Waals surface area contributed by atoms with Crippen molar-refractivity contribution in [3.05, 3.63) is 58.5 Å². The van der Waals surface area contributed by atoms with Crippen molar-refractivity contribution in [2.45, 2.75) is 19.5 Å². The van der Waals surface area contributed by atoms with Crippen molar-refractivity contribution >= 4 is 32.5 Å². The van der Waals surface area contributed by atoms with E-state index in [4.69, 9.17) is 10.5 Å². The predicted octanol–water partition coefficient (Wildman–Crippen LogP) is 3.83. The zero-order chi connectivity index (χ0) is 17.1. The third-order valence-electron chi connectivity index (χ3n) is 3.98. The maximum Gasteiger partial charge on any atom is 0.127 e. The van der Waals surface area contributed by atoms with Gasteiger partial charge in [-0.2, -0.15) is 0 Å². The lowest BCUT2D eigenvalue weighted by Crippen LogP contribution is -2.20. The van der Waals surface area contributed by atoms with Crippen LogP contribution in [0.5, 0.6) is 5.75 Å². The number of pyridine rings is 2. The molecule has 0 bridgehead atoms. The fourth-order valence-corrected chi connectivity index (χ4v) is 3.01. The molecule has 0 spiro atoms. The third kappa shape index (κ3) is 3.49. The number of nitrogens with one attached hydrogen (secondary N) is 1. The van der Waals surface area contributed by atoms with Gasteiger partial charge in [-0.25, -0.2) is 4.98 Å². The van der Waals surface area contributed by atoms with Crippen LogP contribution in [-0.2, 0) is 6.54 Å². The Morgan fingerprint density at radius 2 is 2.08 bits per heavy atom. The fraction of sp³-hybridized carbons (Fsp3) is 0.222. The normalized spacial score (nSPS) is 12.3. The van der Waals surface area contributed by atoms with Crippen LogP contribution in [0.15, 0.2) is 47.2 Å². The van der Waals surface area contributed by atoms with Crippen molar-refractivity contribution in [3.8, 4) is 5.75 Å². The van der Waals surface area contributed by atoms with Crippen molar-refractivity contribution in [1.82, 2.24) is 15.3 Å². The molecule has 0 saturated carbocycles. The molecule has 3 rings (SSSR count). The molecule has 2 heterocycles. The zero-order valence-electron chi connectivity index (χ0n) is 13.6. The van der Waals surface area contributed by atoms with Gasteiger partial charge < -0.3 is 15.8 Å². The van der Waals surface area contributed by atoms with E-state index in [2.05, 4.69) is 38.1 Å². The second-order valence-electron chi connectivity index (χ2n) is 5.58. The molecule has 0 amide bonds. The van der Waals surface area contributed by atoms with Crippen LogP contribution in [0.25, 0.3) is 10.8 Å². The summed E-state index contributed by atoms with van der Waals surface area (Å²) >= 11 is 3.42. The summed E-state index contributed by atoms with van der Waals surface area (Å²) in [4.78, 5) is 8.72. The van der Waals surface area contributed by atoms with Crippen LogP contribution in [0.1, 0.15) is 24.2 Å². The molecule has 124 valence electrons. The number of methoxy groups -OCH3 is 1. The van der Waals surface area contributed by atoms with Crippen LogP contribution in [0.4, 0.5) is 5.82 Å². The second kappa shape index (κ2) is 7.15. The monoisotopic (exact) mass is 386 g/mol. The Morgan fingerprint density at radius 3 is 2.88 bits per heavy atom.